The van der Waals surface area contributed by atoms with E-state index in [2.05, 4.69) is 5.32 Å². The van der Waals surface area contributed by atoms with Crippen LogP contribution in [0.5, 0.6) is 0 Å². The average molecular weight is 311 g/mol. The van der Waals surface area contributed by atoms with Crippen LogP contribution in [0.3, 0.4) is 0 Å². The molecule has 1 aromatic carbocycles. The van der Waals surface area contributed by atoms with E-state index < -0.39 is 29.4 Å². The number of hydrogen-bond donors (Lipinski definition) is 2. The van der Waals surface area contributed by atoms with Gasteiger partial charge in [-0.2, -0.15) is 0 Å². The molecule has 0 saturated heterocycles. The van der Waals surface area contributed by atoms with Crippen LogP contribution < -0.4 is 5.32 Å². The molecule has 1 rings (SSSR count). The van der Waals surface area contributed by atoms with E-state index in [0.717, 1.165) is 6.07 Å². The van der Waals surface area contributed by atoms with E-state index in [4.69, 9.17) is 4.74 Å². The molecular formula is C16H22FNO4. The van der Waals surface area contributed by atoms with Crippen LogP contribution >= 0.6 is 0 Å². The Kier molecular flexibility index (Phi) is 5.52. The van der Waals surface area contributed by atoms with Gasteiger partial charge < -0.3 is 9.84 Å². The third-order valence-corrected chi connectivity index (χ3v) is 2.91. The molecule has 0 heterocycles. The Hall–Kier alpha value is -2.11. The summed E-state index contributed by atoms with van der Waals surface area (Å²) in [6, 6.07) is 3.93. The number of hydrogen-bond acceptors (Lipinski definition) is 3. The van der Waals surface area contributed by atoms with Gasteiger partial charge in [-0.05, 0) is 38.8 Å². The maximum atomic E-state index is 14.2. The average Bonchev–Trinajstić information content (AvgIpc) is 2.28. The van der Waals surface area contributed by atoms with Crippen LogP contribution in [0.4, 0.5) is 14.9 Å². The summed E-state index contributed by atoms with van der Waals surface area (Å²) < 4.78 is 19.2. The number of carboxylic acid groups (broad SMARTS) is 1. The molecule has 6 heteroatoms. The predicted molar refractivity (Wildman–Crippen MR) is 81.5 cm³/mol. The number of rotatable bonds is 4. The Morgan fingerprint density at radius 3 is 2.27 bits per heavy atom. The minimum atomic E-state index is -1.08. The van der Waals surface area contributed by atoms with Crippen LogP contribution in [0.2, 0.25) is 0 Å². The number of anilines is 1. The molecule has 1 atom stereocenters. The van der Waals surface area contributed by atoms with Gasteiger partial charge >= 0.3 is 12.1 Å². The van der Waals surface area contributed by atoms with E-state index in [1.54, 1.807) is 34.6 Å². The Labute approximate surface area is 129 Å². The molecule has 1 unspecified atom stereocenters. The van der Waals surface area contributed by atoms with Crippen molar-refractivity contribution >= 4 is 17.7 Å². The number of amides is 1. The topological polar surface area (TPSA) is 75.6 Å². The minimum Gasteiger partial charge on any atom is -0.481 e. The molecule has 1 amide bonds. The second-order valence-electron chi connectivity index (χ2n) is 6.42. The van der Waals surface area contributed by atoms with Crippen LogP contribution in [-0.2, 0) is 9.53 Å². The smallest absolute Gasteiger partial charge is 0.412 e. The maximum absolute atomic E-state index is 14.2. The zero-order valence-corrected chi connectivity index (χ0v) is 13.4. The van der Waals surface area contributed by atoms with Crippen molar-refractivity contribution in [2.75, 3.05) is 5.32 Å². The van der Waals surface area contributed by atoms with E-state index in [1.807, 2.05) is 0 Å². The lowest BCUT2D eigenvalue weighted by Gasteiger charge is -2.20. The highest BCUT2D eigenvalue weighted by molar-refractivity contribution is 5.85. The van der Waals surface area contributed by atoms with Crippen LogP contribution in [0.25, 0.3) is 0 Å². The van der Waals surface area contributed by atoms with Gasteiger partial charge in [-0.3, -0.25) is 10.1 Å². The molecule has 0 fully saturated rings. The fraction of sp³-hybridized carbons (Fsp3) is 0.500. The molecule has 0 aliphatic heterocycles. The second kappa shape index (κ2) is 6.77. The molecule has 0 saturated carbocycles. The van der Waals surface area contributed by atoms with Crippen LogP contribution in [0.15, 0.2) is 18.2 Å². The van der Waals surface area contributed by atoms with Crippen molar-refractivity contribution in [2.24, 2.45) is 5.92 Å². The van der Waals surface area contributed by atoms with E-state index in [0.29, 0.717) is 0 Å². The fourth-order valence-corrected chi connectivity index (χ4v) is 2.06. The van der Waals surface area contributed by atoms with E-state index in [9.17, 15) is 19.1 Å². The number of halogens is 1. The van der Waals surface area contributed by atoms with Crippen molar-refractivity contribution in [1.82, 2.24) is 0 Å². The standard InChI is InChI=1S/C16H22FNO4/c1-9(2)13(14(19)20)11-7-6-10(8-12(11)17)18-15(21)22-16(3,4)5/h6-9,13H,1-5H3,(H,18,21)(H,19,20). The highest BCUT2D eigenvalue weighted by Crippen LogP contribution is 2.28. The number of carboxylic acids is 1. The molecule has 0 radical (unpaired) electrons. The van der Waals surface area contributed by atoms with Crippen LogP contribution in [0.1, 0.15) is 46.1 Å². The van der Waals surface area contributed by atoms with Crippen molar-refractivity contribution in [3.63, 3.8) is 0 Å². The molecule has 0 bridgehead atoms. The molecule has 1 aromatic rings. The maximum Gasteiger partial charge on any atom is 0.412 e. The zero-order chi connectivity index (χ0) is 17.1. The van der Waals surface area contributed by atoms with Crippen molar-refractivity contribution in [3.05, 3.63) is 29.6 Å². The molecule has 122 valence electrons. The first-order valence-corrected chi connectivity index (χ1v) is 7.03. The lowest BCUT2D eigenvalue weighted by Crippen LogP contribution is -2.27. The largest absolute Gasteiger partial charge is 0.481 e. The number of aliphatic carboxylic acids is 1. The van der Waals surface area contributed by atoms with Gasteiger partial charge in [0, 0.05) is 11.3 Å². The van der Waals surface area contributed by atoms with E-state index >= 15 is 0 Å². The first-order valence-electron chi connectivity index (χ1n) is 7.03. The molecule has 0 aliphatic carbocycles. The summed E-state index contributed by atoms with van der Waals surface area (Å²) >= 11 is 0. The zero-order valence-electron chi connectivity index (χ0n) is 13.4. The third kappa shape index (κ3) is 5.02. The number of carbonyl (C=O) groups excluding carboxylic acids is 1. The quantitative estimate of drug-likeness (QED) is 0.881. The van der Waals surface area contributed by atoms with E-state index in [1.165, 1.54) is 12.1 Å². The van der Waals surface area contributed by atoms with Crippen LogP contribution in [0, 0.1) is 11.7 Å². The van der Waals surface area contributed by atoms with Crippen molar-refractivity contribution < 1.29 is 23.8 Å². The van der Waals surface area contributed by atoms with Gasteiger partial charge in [0.2, 0.25) is 0 Å². The number of benzene rings is 1. The monoisotopic (exact) mass is 311 g/mol. The molecule has 2 N–H and O–H groups in total. The van der Waals surface area contributed by atoms with Crippen molar-refractivity contribution in [2.45, 2.75) is 46.1 Å². The lowest BCUT2D eigenvalue weighted by atomic mass is 9.88. The van der Waals surface area contributed by atoms with Gasteiger partial charge in [0.05, 0.1) is 5.92 Å². The molecule has 0 spiro atoms. The molecular weight excluding hydrogens is 289 g/mol. The second-order valence-corrected chi connectivity index (χ2v) is 6.42. The molecule has 22 heavy (non-hydrogen) atoms. The predicted octanol–water partition coefficient (Wildman–Crippen LogP) is 4.00. The third-order valence-electron chi connectivity index (χ3n) is 2.91. The summed E-state index contributed by atoms with van der Waals surface area (Å²) in [6.45, 7) is 8.58. The Morgan fingerprint density at radius 1 is 1.27 bits per heavy atom. The Bertz CT molecular complexity index is 564. The summed E-state index contributed by atoms with van der Waals surface area (Å²) in [6.07, 6.45) is -0.696. The normalized spacial score (nSPS) is 12.9. The van der Waals surface area contributed by atoms with Crippen molar-refractivity contribution in [3.8, 4) is 0 Å². The summed E-state index contributed by atoms with van der Waals surface area (Å²) in [7, 11) is 0. The lowest BCUT2D eigenvalue weighted by molar-refractivity contribution is -0.140. The van der Waals surface area contributed by atoms with Gasteiger partial charge in [0.1, 0.15) is 11.4 Å². The van der Waals surface area contributed by atoms with Gasteiger partial charge in [0.25, 0.3) is 0 Å². The summed E-state index contributed by atoms with van der Waals surface area (Å²) in [5.74, 6) is -2.94. The number of nitrogens with one attached hydrogen (secondary N) is 1. The minimum absolute atomic E-state index is 0.0947. The highest BCUT2D eigenvalue weighted by atomic mass is 19.1. The van der Waals surface area contributed by atoms with Gasteiger partial charge in [-0.1, -0.05) is 19.9 Å². The first kappa shape index (κ1) is 17.9. The van der Waals surface area contributed by atoms with Gasteiger partial charge in [-0.15, -0.1) is 0 Å². The number of carbonyl (C=O) groups is 2. The molecule has 0 aliphatic rings. The Balaban J connectivity index is 2.94. The summed E-state index contributed by atoms with van der Waals surface area (Å²) in [4.78, 5) is 22.9. The summed E-state index contributed by atoms with van der Waals surface area (Å²) in [5, 5.41) is 11.6. The first-order chi connectivity index (χ1) is 10.0. The fourth-order valence-electron chi connectivity index (χ4n) is 2.06. The van der Waals surface area contributed by atoms with E-state index in [-0.39, 0.29) is 17.2 Å². The SMILES string of the molecule is CC(C)C(C(=O)O)c1ccc(NC(=O)OC(C)(C)C)cc1F. The van der Waals surface area contributed by atoms with Gasteiger partial charge in [-0.25, -0.2) is 9.18 Å². The molecule has 0 aromatic heterocycles. The van der Waals surface area contributed by atoms with Gasteiger partial charge in [0.15, 0.2) is 0 Å². The molecule has 5 nitrogen and oxygen atoms in total. The van der Waals surface area contributed by atoms with Crippen molar-refractivity contribution in [1.29, 1.82) is 0 Å². The number of ether oxygens (including phenoxy) is 1. The summed E-state index contributed by atoms with van der Waals surface area (Å²) in [5.41, 5.74) is -0.352. The Morgan fingerprint density at radius 2 is 1.86 bits per heavy atom. The highest BCUT2D eigenvalue weighted by Gasteiger charge is 2.26. The van der Waals surface area contributed by atoms with Crippen LogP contribution in [-0.4, -0.2) is 22.8 Å².